The summed E-state index contributed by atoms with van der Waals surface area (Å²) in [5, 5.41) is 0.557. The first-order valence-corrected chi connectivity index (χ1v) is 7.10. The molecule has 0 aromatic rings. The first kappa shape index (κ1) is 11.2. The summed E-state index contributed by atoms with van der Waals surface area (Å²) in [5.41, 5.74) is 0. The fourth-order valence-corrected chi connectivity index (χ4v) is 3.65. The van der Waals surface area contributed by atoms with E-state index in [1.54, 1.807) is 0 Å². The predicted molar refractivity (Wildman–Crippen MR) is 59.4 cm³/mol. The zero-order valence-corrected chi connectivity index (χ0v) is 9.57. The number of unbranched alkanes of at least 4 members (excludes halogenated alkanes) is 4. The lowest BCUT2D eigenvalue weighted by Gasteiger charge is -2.06. The van der Waals surface area contributed by atoms with Crippen molar-refractivity contribution in [1.29, 1.82) is 0 Å². The van der Waals surface area contributed by atoms with Crippen LogP contribution in [0.5, 0.6) is 0 Å². The van der Waals surface area contributed by atoms with Crippen LogP contribution in [-0.2, 0) is 10.8 Å². The molecule has 2 heteroatoms. The minimum absolute atomic E-state index is 0.468. The minimum Gasteiger partial charge on any atom is -0.259 e. The molecule has 1 heterocycles. The van der Waals surface area contributed by atoms with E-state index in [1.165, 1.54) is 51.4 Å². The third kappa shape index (κ3) is 4.26. The van der Waals surface area contributed by atoms with Gasteiger partial charge in [0.25, 0.3) is 0 Å². The van der Waals surface area contributed by atoms with Crippen LogP contribution >= 0.6 is 0 Å². The normalized spacial score (nSPS) is 28.1. The Morgan fingerprint density at radius 2 is 2.00 bits per heavy atom. The van der Waals surface area contributed by atoms with Gasteiger partial charge in [0.15, 0.2) is 0 Å². The van der Waals surface area contributed by atoms with E-state index in [-0.39, 0.29) is 0 Å². The molecule has 0 radical (unpaired) electrons. The summed E-state index contributed by atoms with van der Waals surface area (Å²) in [6.07, 6.45) is 10.3. The summed E-state index contributed by atoms with van der Waals surface area (Å²) in [6, 6.07) is 0. The molecule has 0 N–H and O–H groups in total. The van der Waals surface area contributed by atoms with Gasteiger partial charge in [-0.2, -0.15) is 0 Å². The SMILES string of the molecule is CCCCCCCC1CCCS1=O. The molecular formula is C11H22OS. The first-order valence-electron chi connectivity index (χ1n) is 5.71. The predicted octanol–water partition coefficient (Wildman–Crippen LogP) is 3.26. The molecule has 1 aliphatic heterocycles. The molecule has 1 nitrogen and oxygen atoms in total. The molecule has 78 valence electrons. The van der Waals surface area contributed by atoms with Gasteiger partial charge in [0.05, 0.1) is 0 Å². The maximum atomic E-state index is 11.4. The summed E-state index contributed by atoms with van der Waals surface area (Å²) in [6.45, 7) is 2.24. The Hall–Kier alpha value is 0.150. The van der Waals surface area contributed by atoms with E-state index in [0.717, 1.165) is 5.75 Å². The van der Waals surface area contributed by atoms with Crippen LogP contribution < -0.4 is 0 Å². The Balaban J connectivity index is 1.96. The molecule has 1 fully saturated rings. The van der Waals surface area contributed by atoms with Gasteiger partial charge in [-0.05, 0) is 19.3 Å². The van der Waals surface area contributed by atoms with E-state index >= 15 is 0 Å². The Morgan fingerprint density at radius 3 is 2.62 bits per heavy atom. The van der Waals surface area contributed by atoms with Crippen LogP contribution in [0.15, 0.2) is 0 Å². The summed E-state index contributed by atoms with van der Waals surface area (Å²) in [7, 11) is -0.468. The average Bonchev–Trinajstić information content (AvgIpc) is 2.52. The van der Waals surface area contributed by atoms with Crippen LogP contribution in [0.4, 0.5) is 0 Å². The molecule has 1 saturated heterocycles. The maximum Gasteiger partial charge on any atom is 0.0348 e. The number of hydrogen-bond donors (Lipinski definition) is 0. The third-order valence-electron chi connectivity index (χ3n) is 2.87. The van der Waals surface area contributed by atoms with E-state index in [4.69, 9.17) is 0 Å². The second-order valence-electron chi connectivity index (χ2n) is 4.05. The summed E-state index contributed by atoms with van der Waals surface area (Å²) in [5.74, 6) is 0.972. The molecule has 2 unspecified atom stereocenters. The minimum atomic E-state index is -0.468. The Morgan fingerprint density at radius 1 is 1.23 bits per heavy atom. The van der Waals surface area contributed by atoms with Gasteiger partial charge in [0.1, 0.15) is 0 Å². The van der Waals surface area contributed by atoms with Gasteiger partial charge < -0.3 is 0 Å². The van der Waals surface area contributed by atoms with Crippen molar-refractivity contribution in [2.75, 3.05) is 5.75 Å². The molecule has 0 aliphatic carbocycles. The van der Waals surface area contributed by atoms with Gasteiger partial charge in [-0.25, -0.2) is 0 Å². The largest absolute Gasteiger partial charge is 0.259 e. The zero-order chi connectivity index (χ0) is 9.52. The van der Waals surface area contributed by atoms with Crippen molar-refractivity contribution in [3.8, 4) is 0 Å². The fraction of sp³-hybridized carbons (Fsp3) is 1.00. The maximum absolute atomic E-state index is 11.4. The van der Waals surface area contributed by atoms with Gasteiger partial charge in [0, 0.05) is 21.8 Å². The van der Waals surface area contributed by atoms with Crippen LogP contribution in [0.3, 0.4) is 0 Å². The monoisotopic (exact) mass is 202 g/mol. The number of rotatable bonds is 6. The lowest BCUT2D eigenvalue weighted by Crippen LogP contribution is -2.08. The highest BCUT2D eigenvalue weighted by Crippen LogP contribution is 2.21. The fourth-order valence-electron chi connectivity index (χ4n) is 2.00. The van der Waals surface area contributed by atoms with Crippen molar-refractivity contribution in [1.82, 2.24) is 0 Å². The van der Waals surface area contributed by atoms with Gasteiger partial charge in [-0.15, -0.1) is 0 Å². The lowest BCUT2D eigenvalue weighted by molar-refractivity contribution is 0.582. The second-order valence-corrected chi connectivity index (χ2v) is 5.89. The van der Waals surface area contributed by atoms with Crippen LogP contribution in [0, 0.1) is 0 Å². The van der Waals surface area contributed by atoms with Gasteiger partial charge in [0.2, 0.25) is 0 Å². The Labute approximate surface area is 84.8 Å². The van der Waals surface area contributed by atoms with Crippen LogP contribution in [0.25, 0.3) is 0 Å². The van der Waals surface area contributed by atoms with Crippen molar-refractivity contribution in [3.63, 3.8) is 0 Å². The van der Waals surface area contributed by atoms with Crippen LogP contribution in [0.1, 0.15) is 58.3 Å². The van der Waals surface area contributed by atoms with E-state index in [9.17, 15) is 4.21 Å². The molecule has 0 aromatic carbocycles. The lowest BCUT2D eigenvalue weighted by atomic mass is 10.1. The quantitative estimate of drug-likeness (QED) is 0.604. The zero-order valence-electron chi connectivity index (χ0n) is 8.76. The number of hydrogen-bond acceptors (Lipinski definition) is 1. The summed E-state index contributed by atoms with van der Waals surface area (Å²) >= 11 is 0. The summed E-state index contributed by atoms with van der Waals surface area (Å²) < 4.78 is 11.4. The van der Waals surface area contributed by atoms with Crippen LogP contribution in [-0.4, -0.2) is 15.2 Å². The molecule has 1 rings (SSSR count). The smallest absolute Gasteiger partial charge is 0.0348 e. The Bertz CT molecular complexity index is 156. The van der Waals surface area contributed by atoms with Crippen molar-refractivity contribution < 1.29 is 4.21 Å². The van der Waals surface area contributed by atoms with Gasteiger partial charge >= 0.3 is 0 Å². The van der Waals surface area contributed by atoms with Crippen molar-refractivity contribution >= 4 is 10.8 Å². The summed E-state index contributed by atoms with van der Waals surface area (Å²) in [4.78, 5) is 0. The van der Waals surface area contributed by atoms with Crippen molar-refractivity contribution in [2.24, 2.45) is 0 Å². The molecule has 0 spiro atoms. The average molecular weight is 202 g/mol. The van der Waals surface area contributed by atoms with E-state index in [0.29, 0.717) is 5.25 Å². The van der Waals surface area contributed by atoms with E-state index < -0.39 is 10.8 Å². The second kappa shape index (κ2) is 6.58. The Kier molecular flexibility index (Phi) is 5.68. The molecule has 13 heavy (non-hydrogen) atoms. The molecule has 0 amide bonds. The first-order chi connectivity index (χ1) is 6.34. The van der Waals surface area contributed by atoms with E-state index in [1.807, 2.05) is 0 Å². The standard InChI is InChI=1S/C11H22OS/c1-2-3-4-5-6-8-11-9-7-10-13(11)12/h11H,2-10H2,1H3. The van der Waals surface area contributed by atoms with Crippen molar-refractivity contribution in [3.05, 3.63) is 0 Å². The van der Waals surface area contributed by atoms with Gasteiger partial charge in [-0.3, -0.25) is 4.21 Å². The van der Waals surface area contributed by atoms with Gasteiger partial charge in [-0.1, -0.05) is 39.0 Å². The van der Waals surface area contributed by atoms with E-state index in [2.05, 4.69) is 6.92 Å². The molecular weight excluding hydrogens is 180 g/mol. The highest BCUT2D eigenvalue weighted by Gasteiger charge is 2.21. The van der Waals surface area contributed by atoms with Crippen LogP contribution in [0.2, 0.25) is 0 Å². The molecule has 0 aromatic heterocycles. The third-order valence-corrected chi connectivity index (χ3v) is 4.78. The molecule has 1 aliphatic rings. The molecule has 0 bridgehead atoms. The molecule has 0 saturated carbocycles. The molecule has 2 atom stereocenters. The highest BCUT2D eigenvalue weighted by molar-refractivity contribution is 7.85. The topological polar surface area (TPSA) is 17.1 Å². The highest BCUT2D eigenvalue weighted by atomic mass is 32.2. The van der Waals surface area contributed by atoms with Crippen molar-refractivity contribution in [2.45, 2.75) is 63.5 Å².